The van der Waals surface area contributed by atoms with Crippen molar-refractivity contribution >= 4 is 23.2 Å². The summed E-state index contributed by atoms with van der Waals surface area (Å²) in [6.45, 7) is -1.21. The number of carboxylic acids is 1. The second kappa shape index (κ2) is 8.02. The molecule has 2 N–H and O–H groups in total. The smallest absolute Gasteiger partial charge is 0.422 e. The van der Waals surface area contributed by atoms with Crippen molar-refractivity contribution < 1.29 is 32.6 Å². The molecule has 0 bridgehead atoms. The Labute approximate surface area is 145 Å². The molecule has 9 heteroatoms. The number of benzene rings is 1. The Morgan fingerprint density at radius 1 is 1.20 bits per heavy atom. The van der Waals surface area contributed by atoms with Gasteiger partial charge in [0.05, 0.1) is 13.0 Å². The number of ether oxygens (including phenoxy) is 1. The van der Waals surface area contributed by atoms with Crippen LogP contribution in [0.15, 0.2) is 36.4 Å². The van der Waals surface area contributed by atoms with Gasteiger partial charge in [-0.05, 0) is 29.8 Å². The lowest BCUT2D eigenvalue weighted by Crippen LogP contribution is -2.24. The van der Waals surface area contributed by atoms with Gasteiger partial charge in [0.1, 0.15) is 10.6 Å². The van der Waals surface area contributed by atoms with E-state index < -0.39 is 18.8 Å². The number of halogens is 3. The van der Waals surface area contributed by atoms with Crippen LogP contribution in [0.5, 0.6) is 5.75 Å². The van der Waals surface area contributed by atoms with Crippen LogP contribution in [0.4, 0.5) is 13.2 Å². The van der Waals surface area contributed by atoms with Gasteiger partial charge in [-0.25, -0.2) is 4.79 Å². The number of hydrogen-bond acceptors (Lipinski definition) is 4. The molecule has 1 aromatic heterocycles. The fourth-order valence-electron chi connectivity index (χ4n) is 1.93. The number of hydrogen-bond donors (Lipinski definition) is 2. The number of aromatic carboxylic acids is 1. The largest absolute Gasteiger partial charge is 0.484 e. The molecule has 1 aromatic carbocycles. The molecule has 0 spiro atoms. The van der Waals surface area contributed by atoms with Crippen LogP contribution in [0.1, 0.15) is 20.1 Å². The normalized spacial score (nSPS) is 11.2. The standard InChI is InChI=1S/C16H14F3NO4S/c17-16(18,19)9-24-11-3-1-2-10(6-11)7-14(21)20-8-12-4-5-13(25-12)15(22)23/h1-6H,7-9H2,(H,20,21)(H,22,23). The number of alkyl halides is 3. The Balaban J connectivity index is 1.86. The highest BCUT2D eigenvalue weighted by Crippen LogP contribution is 2.20. The quantitative estimate of drug-likeness (QED) is 0.781. The molecule has 0 saturated heterocycles. The molecule has 0 fully saturated rings. The number of carboxylic acid groups (broad SMARTS) is 1. The van der Waals surface area contributed by atoms with Crippen LogP contribution in [0, 0.1) is 0 Å². The summed E-state index contributed by atoms with van der Waals surface area (Å²) in [6.07, 6.45) is -4.46. The first-order chi connectivity index (χ1) is 11.7. The van der Waals surface area contributed by atoms with Gasteiger partial charge in [-0.2, -0.15) is 13.2 Å². The summed E-state index contributed by atoms with van der Waals surface area (Å²) in [7, 11) is 0. The van der Waals surface area contributed by atoms with E-state index in [2.05, 4.69) is 10.1 Å². The van der Waals surface area contributed by atoms with Crippen LogP contribution in [0.2, 0.25) is 0 Å². The number of nitrogens with one attached hydrogen (secondary N) is 1. The van der Waals surface area contributed by atoms with E-state index in [1.54, 1.807) is 12.1 Å². The highest BCUT2D eigenvalue weighted by molar-refractivity contribution is 7.13. The molecule has 25 heavy (non-hydrogen) atoms. The first-order valence-electron chi connectivity index (χ1n) is 7.10. The van der Waals surface area contributed by atoms with E-state index in [-0.39, 0.29) is 29.5 Å². The van der Waals surface area contributed by atoms with Crippen LogP contribution in [0.25, 0.3) is 0 Å². The molecule has 0 aliphatic carbocycles. The topological polar surface area (TPSA) is 75.6 Å². The lowest BCUT2D eigenvalue weighted by Gasteiger charge is -2.10. The van der Waals surface area contributed by atoms with Crippen molar-refractivity contribution in [2.75, 3.05) is 6.61 Å². The molecule has 2 rings (SSSR count). The Morgan fingerprint density at radius 3 is 2.60 bits per heavy atom. The zero-order chi connectivity index (χ0) is 18.4. The molecule has 0 aliphatic heterocycles. The van der Waals surface area contributed by atoms with E-state index in [1.807, 2.05) is 0 Å². The van der Waals surface area contributed by atoms with Crippen LogP contribution in [0.3, 0.4) is 0 Å². The third-order valence-corrected chi connectivity index (χ3v) is 4.07. The summed E-state index contributed by atoms with van der Waals surface area (Å²) >= 11 is 1.06. The minimum Gasteiger partial charge on any atom is -0.484 e. The van der Waals surface area contributed by atoms with Crippen molar-refractivity contribution in [1.82, 2.24) is 5.32 Å². The molecule has 0 radical (unpaired) electrons. The molecule has 1 amide bonds. The SMILES string of the molecule is O=C(Cc1cccc(OCC(F)(F)F)c1)NCc1ccc(C(=O)O)s1. The van der Waals surface area contributed by atoms with Gasteiger partial charge in [0.25, 0.3) is 0 Å². The second-order valence-corrected chi connectivity index (χ2v) is 6.24. The minimum absolute atomic E-state index is 0.0274. The molecule has 1 heterocycles. The lowest BCUT2D eigenvalue weighted by atomic mass is 10.1. The van der Waals surface area contributed by atoms with E-state index in [4.69, 9.17) is 5.11 Å². The molecule has 0 saturated carbocycles. The highest BCUT2D eigenvalue weighted by Gasteiger charge is 2.28. The average Bonchev–Trinajstić information content (AvgIpc) is 3.00. The summed E-state index contributed by atoms with van der Waals surface area (Å²) < 4.78 is 41.1. The number of carbonyl (C=O) groups is 2. The van der Waals surface area contributed by atoms with E-state index in [0.29, 0.717) is 10.4 Å². The molecule has 5 nitrogen and oxygen atoms in total. The summed E-state index contributed by atoms with van der Waals surface area (Å²) in [6, 6.07) is 8.93. The first-order valence-corrected chi connectivity index (χ1v) is 7.92. The summed E-state index contributed by atoms with van der Waals surface area (Å²) in [5, 5.41) is 11.5. The highest BCUT2D eigenvalue weighted by atomic mass is 32.1. The Hall–Kier alpha value is -2.55. The zero-order valence-electron chi connectivity index (χ0n) is 12.8. The fraction of sp³-hybridized carbons (Fsp3) is 0.250. The van der Waals surface area contributed by atoms with Crippen LogP contribution in [-0.2, 0) is 17.8 Å². The maximum atomic E-state index is 12.1. The number of carbonyl (C=O) groups excluding carboxylic acids is 1. The second-order valence-electron chi connectivity index (χ2n) is 5.08. The van der Waals surface area contributed by atoms with E-state index in [9.17, 15) is 22.8 Å². The lowest BCUT2D eigenvalue weighted by molar-refractivity contribution is -0.153. The van der Waals surface area contributed by atoms with Gasteiger partial charge in [-0.3, -0.25) is 4.79 Å². The number of rotatable bonds is 7. The van der Waals surface area contributed by atoms with Crippen molar-refractivity contribution in [2.45, 2.75) is 19.1 Å². The predicted molar refractivity (Wildman–Crippen MR) is 84.8 cm³/mol. The number of thiophene rings is 1. The van der Waals surface area contributed by atoms with E-state index >= 15 is 0 Å². The van der Waals surface area contributed by atoms with Crippen LogP contribution < -0.4 is 10.1 Å². The Bertz CT molecular complexity index is 758. The summed E-state index contributed by atoms with van der Waals surface area (Å²) in [5.41, 5.74) is 0.509. The minimum atomic E-state index is -4.43. The van der Waals surface area contributed by atoms with Gasteiger partial charge in [0.15, 0.2) is 6.61 Å². The zero-order valence-corrected chi connectivity index (χ0v) is 13.6. The summed E-state index contributed by atoms with van der Waals surface area (Å²) in [5.74, 6) is -1.33. The van der Waals surface area contributed by atoms with Crippen LogP contribution >= 0.6 is 11.3 Å². The predicted octanol–water partition coefficient (Wildman–Crippen LogP) is 3.25. The maximum Gasteiger partial charge on any atom is 0.422 e. The third kappa shape index (κ3) is 6.46. The molecular formula is C16H14F3NO4S. The molecular weight excluding hydrogens is 359 g/mol. The molecule has 0 aliphatic rings. The summed E-state index contributed by atoms with van der Waals surface area (Å²) in [4.78, 5) is 23.6. The van der Waals surface area contributed by atoms with E-state index in [0.717, 1.165) is 11.3 Å². The van der Waals surface area contributed by atoms with Crippen molar-refractivity contribution in [2.24, 2.45) is 0 Å². The van der Waals surface area contributed by atoms with E-state index in [1.165, 1.54) is 24.3 Å². The van der Waals surface area contributed by atoms with Crippen molar-refractivity contribution in [3.8, 4) is 5.75 Å². The van der Waals surface area contributed by atoms with Gasteiger partial charge < -0.3 is 15.2 Å². The van der Waals surface area contributed by atoms with Crippen molar-refractivity contribution in [3.05, 3.63) is 51.7 Å². The van der Waals surface area contributed by atoms with Gasteiger partial charge in [0.2, 0.25) is 5.91 Å². The van der Waals surface area contributed by atoms with Gasteiger partial charge in [0, 0.05) is 4.88 Å². The fourth-order valence-corrected chi connectivity index (χ4v) is 2.72. The first kappa shape index (κ1) is 18.8. The monoisotopic (exact) mass is 373 g/mol. The molecule has 0 atom stereocenters. The van der Waals surface area contributed by atoms with Gasteiger partial charge >= 0.3 is 12.1 Å². The van der Waals surface area contributed by atoms with Crippen molar-refractivity contribution in [1.29, 1.82) is 0 Å². The Morgan fingerprint density at radius 2 is 1.96 bits per heavy atom. The molecule has 0 unspecified atom stereocenters. The maximum absolute atomic E-state index is 12.1. The van der Waals surface area contributed by atoms with Gasteiger partial charge in [-0.15, -0.1) is 11.3 Å². The molecule has 2 aromatic rings. The molecule has 134 valence electrons. The third-order valence-electron chi connectivity index (χ3n) is 3.00. The average molecular weight is 373 g/mol. The van der Waals surface area contributed by atoms with Crippen LogP contribution in [-0.4, -0.2) is 29.8 Å². The Kier molecular flexibility index (Phi) is 6.02. The van der Waals surface area contributed by atoms with Crippen molar-refractivity contribution in [3.63, 3.8) is 0 Å². The van der Waals surface area contributed by atoms with Gasteiger partial charge in [-0.1, -0.05) is 12.1 Å². The number of amides is 1.